The molecule has 0 fully saturated rings. The topological polar surface area (TPSA) is 46.2 Å². The average molecular weight is 242 g/mol. The van der Waals surface area contributed by atoms with E-state index in [0.717, 1.165) is 10.4 Å². The van der Waals surface area contributed by atoms with Crippen molar-refractivity contribution in [1.82, 2.24) is 0 Å². The minimum absolute atomic E-state index is 0. The molecular formula is C11H12ClNOS. The summed E-state index contributed by atoms with van der Waals surface area (Å²) in [7, 11) is 0. The minimum Gasteiger partial charge on any atom is -0.508 e. The van der Waals surface area contributed by atoms with Crippen molar-refractivity contribution in [1.29, 1.82) is 0 Å². The van der Waals surface area contributed by atoms with Crippen LogP contribution < -0.4 is 5.73 Å². The van der Waals surface area contributed by atoms with Crippen molar-refractivity contribution in [2.75, 3.05) is 0 Å². The number of hydrogen-bond donors (Lipinski definition) is 2. The average Bonchev–Trinajstić information content (AvgIpc) is 2.71. The van der Waals surface area contributed by atoms with E-state index >= 15 is 0 Å². The summed E-state index contributed by atoms with van der Waals surface area (Å²) >= 11 is 1.64. The zero-order valence-electron chi connectivity index (χ0n) is 7.96. The molecule has 0 aliphatic carbocycles. The molecule has 1 aromatic carbocycles. The molecule has 15 heavy (non-hydrogen) atoms. The van der Waals surface area contributed by atoms with Gasteiger partial charge in [-0.15, -0.1) is 23.7 Å². The van der Waals surface area contributed by atoms with Crippen LogP contribution in [0.3, 0.4) is 0 Å². The molecule has 80 valence electrons. The number of hydrogen-bond acceptors (Lipinski definition) is 3. The molecule has 0 aliphatic rings. The van der Waals surface area contributed by atoms with Crippen molar-refractivity contribution in [2.45, 2.75) is 6.04 Å². The van der Waals surface area contributed by atoms with Gasteiger partial charge in [0.25, 0.3) is 0 Å². The van der Waals surface area contributed by atoms with Gasteiger partial charge < -0.3 is 10.8 Å². The summed E-state index contributed by atoms with van der Waals surface area (Å²) in [6, 6.07) is 10.9. The molecule has 2 rings (SSSR count). The van der Waals surface area contributed by atoms with Gasteiger partial charge in [0.15, 0.2) is 0 Å². The Kier molecular flexibility index (Phi) is 4.15. The highest BCUT2D eigenvalue weighted by molar-refractivity contribution is 7.10. The molecule has 0 spiro atoms. The van der Waals surface area contributed by atoms with E-state index in [-0.39, 0.29) is 24.2 Å². The van der Waals surface area contributed by atoms with Gasteiger partial charge >= 0.3 is 0 Å². The molecule has 3 N–H and O–H groups in total. The van der Waals surface area contributed by atoms with E-state index in [0.29, 0.717) is 0 Å². The summed E-state index contributed by atoms with van der Waals surface area (Å²) in [5, 5.41) is 11.1. The van der Waals surface area contributed by atoms with Gasteiger partial charge in [-0.1, -0.05) is 18.2 Å². The largest absolute Gasteiger partial charge is 0.508 e. The third-order valence-electron chi connectivity index (χ3n) is 2.10. The number of benzene rings is 1. The third-order valence-corrected chi connectivity index (χ3v) is 3.06. The molecule has 0 saturated carbocycles. The first-order chi connectivity index (χ1) is 6.77. The predicted molar refractivity (Wildman–Crippen MR) is 65.7 cm³/mol. The maximum Gasteiger partial charge on any atom is 0.115 e. The van der Waals surface area contributed by atoms with Crippen LogP contribution in [0.2, 0.25) is 0 Å². The molecule has 0 radical (unpaired) electrons. The molecule has 4 heteroatoms. The Balaban J connectivity index is 0.00000112. The lowest BCUT2D eigenvalue weighted by Gasteiger charge is -2.09. The SMILES string of the molecule is Cl.N[C@@H](c1ccc(O)cc1)c1cccs1. The Bertz CT molecular complexity index is 399. The van der Waals surface area contributed by atoms with Gasteiger partial charge in [0.05, 0.1) is 6.04 Å². The van der Waals surface area contributed by atoms with Gasteiger partial charge in [-0.3, -0.25) is 0 Å². The van der Waals surface area contributed by atoms with E-state index in [4.69, 9.17) is 10.8 Å². The van der Waals surface area contributed by atoms with Crippen LogP contribution in [0.1, 0.15) is 16.5 Å². The fourth-order valence-corrected chi connectivity index (χ4v) is 2.07. The summed E-state index contributed by atoms with van der Waals surface area (Å²) < 4.78 is 0. The van der Waals surface area contributed by atoms with Crippen LogP contribution in [-0.4, -0.2) is 5.11 Å². The second-order valence-electron chi connectivity index (χ2n) is 3.08. The summed E-state index contributed by atoms with van der Waals surface area (Å²) in [6.07, 6.45) is 0. The van der Waals surface area contributed by atoms with Gasteiger partial charge in [0.2, 0.25) is 0 Å². The van der Waals surface area contributed by atoms with E-state index in [9.17, 15) is 0 Å². The van der Waals surface area contributed by atoms with Crippen LogP contribution >= 0.6 is 23.7 Å². The predicted octanol–water partition coefficient (Wildman–Crippen LogP) is 2.92. The van der Waals surface area contributed by atoms with Gasteiger partial charge in [-0.25, -0.2) is 0 Å². The van der Waals surface area contributed by atoms with Crippen LogP contribution in [0.15, 0.2) is 41.8 Å². The number of nitrogens with two attached hydrogens (primary N) is 1. The van der Waals surface area contributed by atoms with Crippen LogP contribution in [0.25, 0.3) is 0 Å². The standard InChI is InChI=1S/C11H11NOS.ClH/c12-11(10-2-1-7-14-10)8-3-5-9(13)6-4-8;/h1-7,11,13H,12H2;1H/t11-;/m0./s1. The zero-order valence-corrected chi connectivity index (χ0v) is 9.59. The highest BCUT2D eigenvalue weighted by Crippen LogP contribution is 2.24. The van der Waals surface area contributed by atoms with Crippen molar-refractivity contribution < 1.29 is 5.11 Å². The third kappa shape index (κ3) is 2.72. The number of phenols is 1. The summed E-state index contributed by atoms with van der Waals surface area (Å²) in [5.41, 5.74) is 7.06. The molecule has 1 aromatic heterocycles. The first-order valence-corrected chi connectivity index (χ1v) is 5.23. The maximum absolute atomic E-state index is 9.13. The lowest BCUT2D eigenvalue weighted by atomic mass is 10.1. The second kappa shape index (κ2) is 5.16. The normalized spacial score (nSPS) is 11.8. The molecule has 0 saturated heterocycles. The lowest BCUT2D eigenvalue weighted by molar-refractivity contribution is 0.475. The number of phenolic OH excluding ortho intramolecular Hbond substituents is 1. The molecule has 0 amide bonds. The smallest absolute Gasteiger partial charge is 0.115 e. The van der Waals surface area contributed by atoms with Crippen LogP contribution in [0.5, 0.6) is 5.75 Å². The van der Waals surface area contributed by atoms with E-state index in [2.05, 4.69) is 0 Å². The minimum atomic E-state index is -0.0874. The molecule has 1 heterocycles. The summed E-state index contributed by atoms with van der Waals surface area (Å²) in [6.45, 7) is 0. The zero-order chi connectivity index (χ0) is 9.97. The van der Waals surface area contributed by atoms with Crippen LogP contribution in [0.4, 0.5) is 0 Å². The molecule has 1 atom stereocenters. The first kappa shape index (κ1) is 12.0. The molecule has 2 aromatic rings. The van der Waals surface area contributed by atoms with Gasteiger partial charge in [0, 0.05) is 4.88 Å². The molecule has 0 bridgehead atoms. The lowest BCUT2D eigenvalue weighted by Crippen LogP contribution is -2.09. The Labute approximate surface area is 98.8 Å². The first-order valence-electron chi connectivity index (χ1n) is 4.35. The highest BCUT2D eigenvalue weighted by atomic mass is 35.5. The number of rotatable bonds is 2. The fraction of sp³-hybridized carbons (Fsp3) is 0.0909. The summed E-state index contributed by atoms with van der Waals surface area (Å²) in [5.74, 6) is 0.270. The van der Waals surface area contributed by atoms with E-state index < -0.39 is 0 Å². The maximum atomic E-state index is 9.13. The Morgan fingerprint density at radius 2 is 1.80 bits per heavy atom. The van der Waals surface area contributed by atoms with E-state index in [1.807, 2.05) is 29.6 Å². The van der Waals surface area contributed by atoms with Crippen molar-refractivity contribution in [2.24, 2.45) is 5.73 Å². The van der Waals surface area contributed by atoms with Gasteiger partial charge in [0.1, 0.15) is 5.75 Å². The fourth-order valence-electron chi connectivity index (χ4n) is 1.31. The number of thiophene rings is 1. The summed E-state index contributed by atoms with van der Waals surface area (Å²) in [4.78, 5) is 1.13. The highest BCUT2D eigenvalue weighted by Gasteiger charge is 2.08. The molecule has 0 unspecified atom stereocenters. The van der Waals surface area contributed by atoms with Crippen molar-refractivity contribution in [3.05, 3.63) is 52.2 Å². The van der Waals surface area contributed by atoms with E-state index in [1.165, 1.54) is 0 Å². The quantitative estimate of drug-likeness (QED) is 0.849. The van der Waals surface area contributed by atoms with Gasteiger partial charge in [-0.05, 0) is 29.1 Å². The second-order valence-corrected chi connectivity index (χ2v) is 4.06. The van der Waals surface area contributed by atoms with Crippen LogP contribution in [-0.2, 0) is 0 Å². The van der Waals surface area contributed by atoms with Gasteiger partial charge in [-0.2, -0.15) is 0 Å². The number of halogens is 1. The van der Waals surface area contributed by atoms with Crippen molar-refractivity contribution in [3.8, 4) is 5.75 Å². The Morgan fingerprint density at radius 1 is 1.13 bits per heavy atom. The van der Waals surface area contributed by atoms with Crippen LogP contribution in [0, 0.1) is 0 Å². The monoisotopic (exact) mass is 241 g/mol. The van der Waals surface area contributed by atoms with E-state index in [1.54, 1.807) is 23.5 Å². The molecule has 2 nitrogen and oxygen atoms in total. The molecular weight excluding hydrogens is 230 g/mol. The van der Waals surface area contributed by atoms with Crippen molar-refractivity contribution in [3.63, 3.8) is 0 Å². The Hall–Kier alpha value is -1.03. The number of aromatic hydroxyl groups is 1. The Morgan fingerprint density at radius 3 is 2.33 bits per heavy atom. The molecule has 0 aliphatic heterocycles. The van der Waals surface area contributed by atoms with Crippen molar-refractivity contribution >= 4 is 23.7 Å².